The highest BCUT2D eigenvalue weighted by atomic mass is 16.3. The molecule has 1 aromatic heterocycles. The van der Waals surface area contributed by atoms with Crippen molar-refractivity contribution in [2.75, 3.05) is 0 Å². The summed E-state index contributed by atoms with van der Waals surface area (Å²) in [4.78, 5) is 4.35. The molecular weight excluding hydrogens is 200 g/mol. The average Bonchev–Trinajstić information content (AvgIpc) is 2.78. The number of hydrogen-bond donors (Lipinski definition) is 1. The molecule has 0 unspecified atom stereocenters. The Labute approximate surface area is 95.4 Å². The molecule has 0 bridgehead atoms. The predicted octanol–water partition coefficient (Wildman–Crippen LogP) is 2.49. The Balaban J connectivity index is 2.38. The molecule has 0 aliphatic carbocycles. The van der Waals surface area contributed by atoms with Crippen molar-refractivity contribution >= 4 is 0 Å². The maximum atomic E-state index is 8.98. The molecule has 3 nitrogen and oxygen atoms in total. The van der Waals surface area contributed by atoms with Crippen molar-refractivity contribution < 1.29 is 5.11 Å². The van der Waals surface area contributed by atoms with E-state index in [1.54, 1.807) is 0 Å². The number of hydrogen-bond acceptors (Lipinski definition) is 2. The standard InChI is InChI=1S/C13H16N2O/c1-10(2)13-14-7-8-15(13)12-5-3-11(9-16)4-6-12/h3-8,10,16H,9H2,1-2H3. The number of aliphatic hydroxyl groups is 1. The van der Waals surface area contributed by atoms with Crippen molar-refractivity contribution in [1.29, 1.82) is 0 Å². The summed E-state index contributed by atoms with van der Waals surface area (Å²) < 4.78 is 2.08. The molecule has 0 amide bonds. The summed E-state index contributed by atoms with van der Waals surface area (Å²) in [7, 11) is 0. The zero-order valence-corrected chi connectivity index (χ0v) is 9.59. The lowest BCUT2D eigenvalue weighted by Gasteiger charge is -2.10. The molecule has 0 aliphatic heterocycles. The fourth-order valence-corrected chi connectivity index (χ4v) is 1.72. The molecule has 0 fully saturated rings. The normalized spacial score (nSPS) is 11.0. The van der Waals surface area contributed by atoms with Gasteiger partial charge in [-0.2, -0.15) is 0 Å². The monoisotopic (exact) mass is 216 g/mol. The molecule has 0 saturated heterocycles. The molecule has 0 atom stereocenters. The van der Waals surface area contributed by atoms with E-state index in [0.29, 0.717) is 5.92 Å². The molecule has 0 saturated carbocycles. The third-order valence-corrected chi connectivity index (χ3v) is 2.58. The maximum absolute atomic E-state index is 8.98. The molecule has 1 N–H and O–H groups in total. The summed E-state index contributed by atoms with van der Waals surface area (Å²) in [6.07, 6.45) is 3.78. The zero-order chi connectivity index (χ0) is 11.5. The van der Waals surface area contributed by atoms with Crippen LogP contribution in [0.2, 0.25) is 0 Å². The summed E-state index contributed by atoms with van der Waals surface area (Å²) in [6, 6.07) is 7.86. The minimum Gasteiger partial charge on any atom is -0.392 e. The Bertz CT molecular complexity index is 457. The highest BCUT2D eigenvalue weighted by Gasteiger charge is 2.08. The first-order valence-corrected chi connectivity index (χ1v) is 5.46. The van der Waals surface area contributed by atoms with Crippen molar-refractivity contribution in [3.8, 4) is 5.69 Å². The first-order chi connectivity index (χ1) is 7.72. The van der Waals surface area contributed by atoms with Crippen molar-refractivity contribution in [1.82, 2.24) is 9.55 Å². The highest BCUT2D eigenvalue weighted by Crippen LogP contribution is 2.17. The van der Waals surface area contributed by atoms with Crippen molar-refractivity contribution in [2.45, 2.75) is 26.4 Å². The zero-order valence-electron chi connectivity index (χ0n) is 9.59. The van der Waals surface area contributed by atoms with Gasteiger partial charge in [0.2, 0.25) is 0 Å². The van der Waals surface area contributed by atoms with E-state index in [2.05, 4.69) is 23.4 Å². The number of nitrogens with zero attached hydrogens (tertiary/aromatic N) is 2. The Morgan fingerprint density at radius 2 is 1.94 bits per heavy atom. The largest absolute Gasteiger partial charge is 0.392 e. The van der Waals surface area contributed by atoms with Gasteiger partial charge in [0, 0.05) is 24.0 Å². The van der Waals surface area contributed by atoms with Crippen LogP contribution in [0.25, 0.3) is 5.69 Å². The van der Waals surface area contributed by atoms with Crippen LogP contribution in [-0.2, 0) is 6.61 Å². The number of rotatable bonds is 3. The lowest BCUT2D eigenvalue weighted by molar-refractivity contribution is 0.282. The van der Waals surface area contributed by atoms with Crippen LogP contribution < -0.4 is 0 Å². The fraction of sp³-hybridized carbons (Fsp3) is 0.308. The minimum atomic E-state index is 0.0846. The minimum absolute atomic E-state index is 0.0846. The van der Waals surface area contributed by atoms with Crippen LogP contribution in [-0.4, -0.2) is 14.7 Å². The fourth-order valence-electron chi connectivity index (χ4n) is 1.72. The second-order valence-corrected chi connectivity index (χ2v) is 4.13. The van der Waals surface area contributed by atoms with Gasteiger partial charge in [-0.3, -0.25) is 0 Å². The number of aromatic nitrogens is 2. The van der Waals surface area contributed by atoms with Crippen LogP contribution >= 0.6 is 0 Å². The van der Waals surface area contributed by atoms with Crippen LogP contribution in [0.5, 0.6) is 0 Å². The first kappa shape index (κ1) is 10.9. The smallest absolute Gasteiger partial charge is 0.115 e. The Morgan fingerprint density at radius 3 is 2.50 bits per heavy atom. The maximum Gasteiger partial charge on any atom is 0.115 e. The summed E-state index contributed by atoms with van der Waals surface area (Å²) >= 11 is 0. The molecule has 0 spiro atoms. The lowest BCUT2D eigenvalue weighted by atomic mass is 10.2. The van der Waals surface area contributed by atoms with Gasteiger partial charge in [0.05, 0.1) is 6.61 Å². The summed E-state index contributed by atoms with van der Waals surface area (Å²) in [5, 5.41) is 8.98. The SMILES string of the molecule is CC(C)c1nccn1-c1ccc(CO)cc1. The van der Waals surface area contributed by atoms with E-state index in [0.717, 1.165) is 17.1 Å². The average molecular weight is 216 g/mol. The van der Waals surface area contributed by atoms with Crippen LogP contribution in [0.4, 0.5) is 0 Å². The molecule has 1 aromatic carbocycles. The van der Waals surface area contributed by atoms with Crippen molar-refractivity contribution in [3.63, 3.8) is 0 Å². The third kappa shape index (κ3) is 1.99. The van der Waals surface area contributed by atoms with E-state index in [1.807, 2.05) is 36.7 Å². The van der Waals surface area contributed by atoms with E-state index in [1.165, 1.54) is 0 Å². The lowest BCUT2D eigenvalue weighted by Crippen LogP contribution is -2.02. The van der Waals surface area contributed by atoms with Gasteiger partial charge in [-0.25, -0.2) is 4.98 Å². The van der Waals surface area contributed by atoms with Gasteiger partial charge < -0.3 is 9.67 Å². The molecule has 2 rings (SSSR count). The Morgan fingerprint density at radius 1 is 1.25 bits per heavy atom. The van der Waals surface area contributed by atoms with Crippen LogP contribution in [0.15, 0.2) is 36.7 Å². The Hall–Kier alpha value is -1.61. The van der Waals surface area contributed by atoms with Gasteiger partial charge in [0.1, 0.15) is 5.82 Å². The molecule has 1 heterocycles. The van der Waals surface area contributed by atoms with E-state index >= 15 is 0 Å². The van der Waals surface area contributed by atoms with Gasteiger partial charge in [0.15, 0.2) is 0 Å². The first-order valence-electron chi connectivity index (χ1n) is 5.46. The molecule has 3 heteroatoms. The van der Waals surface area contributed by atoms with Crippen molar-refractivity contribution in [2.24, 2.45) is 0 Å². The molecule has 2 aromatic rings. The van der Waals surface area contributed by atoms with Gasteiger partial charge in [-0.05, 0) is 17.7 Å². The number of benzene rings is 1. The van der Waals surface area contributed by atoms with Gasteiger partial charge in [-0.1, -0.05) is 26.0 Å². The quantitative estimate of drug-likeness (QED) is 0.856. The van der Waals surface area contributed by atoms with Crippen LogP contribution in [0.1, 0.15) is 31.2 Å². The molecular formula is C13H16N2O. The highest BCUT2D eigenvalue weighted by molar-refractivity contribution is 5.36. The van der Waals surface area contributed by atoms with E-state index < -0.39 is 0 Å². The Kier molecular flexibility index (Phi) is 3.06. The van der Waals surface area contributed by atoms with Crippen molar-refractivity contribution in [3.05, 3.63) is 48.0 Å². The topological polar surface area (TPSA) is 38.0 Å². The predicted molar refractivity (Wildman–Crippen MR) is 63.6 cm³/mol. The van der Waals surface area contributed by atoms with E-state index in [4.69, 9.17) is 5.11 Å². The molecule has 0 radical (unpaired) electrons. The van der Waals surface area contributed by atoms with Crippen LogP contribution in [0, 0.1) is 0 Å². The summed E-state index contributed by atoms with van der Waals surface area (Å²) in [6.45, 7) is 4.34. The second-order valence-electron chi connectivity index (χ2n) is 4.13. The number of imidazole rings is 1. The molecule has 16 heavy (non-hydrogen) atoms. The summed E-state index contributed by atoms with van der Waals surface area (Å²) in [5.41, 5.74) is 2.01. The van der Waals surface area contributed by atoms with Gasteiger partial charge in [0.25, 0.3) is 0 Å². The van der Waals surface area contributed by atoms with E-state index in [-0.39, 0.29) is 6.61 Å². The molecule has 0 aliphatic rings. The van der Waals surface area contributed by atoms with Gasteiger partial charge in [-0.15, -0.1) is 0 Å². The molecule has 84 valence electrons. The third-order valence-electron chi connectivity index (χ3n) is 2.58. The van der Waals surface area contributed by atoms with E-state index in [9.17, 15) is 0 Å². The van der Waals surface area contributed by atoms with Gasteiger partial charge >= 0.3 is 0 Å². The summed E-state index contributed by atoms with van der Waals surface area (Å²) in [5.74, 6) is 1.45. The number of aliphatic hydroxyl groups excluding tert-OH is 1. The second kappa shape index (κ2) is 4.49. The van der Waals surface area contributed by atoms with Crippen LogP contribution in [0.3, 0.4) is 0 Å².